The molecule has 0 radical (unpaired) electrons. The highest BCUT2D eigenvalue weighted by molar-refractivity contribution is 7.09. The van der Waals surface area contributed by atoms with Crippen LogP contribution in [0.2, 0.25) is 0 Å². The van der Waals surface area contributed by atoms with Crippen molar-refractivity contribution >= 4 is 17.2 Å². The van der Waals surface area contributed by atoms with Crippen molar-refractivity contribution in [3.8, 4) is 0 Å². The van der Waals surface area contributed by atoms with Gasteiger partial charge in [0.25, 0.3) is 0 Å². The highest BCUT2D eigenvalue weighted by Gasteiger charge is 2.20. The van der Waals surface area contributed by atoms with Crippen LogP contribution in [0.3, 0.4) is 0 Å². The quantitative estimate of drug-likeness (QED) is 0.880. The largest absolute Gasteiger partial charge is 0.349 e. The zero-order chi connectivity index (χ0) is 17.0. The van der Waals surface area contributed by atoms with Crippen LogP contribution in [0, 0.1) is 0 Å². The van der Waals surface area contributed by atoms with E-state index >= 15 is 0 Å². The summed E-state index contributed by atoms with van der Waals surface area (Å²) < 4.78 is 1.88. The van der Waals surface area contributed by atoms with Gasteiger partial charge in [0, 0.05) is 29.1 Å². The van der Waals surface area contributed by atoms with Gasteiger partial charge in [-0.15, -0.1) is 11.3 Å². The third-order valence-electron chi connectivity index (χ3n) is 3.66. The third kappa shape index (κ3) is 4.64. The van der Waals surface area contributed by atoms with Crippen molar-refractivity contribution in [1.82, 2.24) is 20.1 Å². The Balaban J connectivity index is 1.98. The molecule has 0 aliphatic heterocycles. The number of amides is 1. The summed E-state index contributed by atoms with van der Waals surface area (Å²) in [5, 5.41) is 10.4. The van der Waals surface area contributed by atoms with Gasteiger partial charge in [-0.3, -0.25) is 9.48 Å². The van der Waals surface area contributed by atoms with Gasteiger partial charge in [-0.2, -0.15) is 5.10 Å². The molecule has 1 N–H and O–H groups in total. The number of carbonyl (C=O) groups is 1. The van der Waals surface area contributed by atoms with Crippen LogP contribution in [0.4, 0.5) is 0 Å². The second kappa shape index (κ2) is 7.25. The van der Waals surface area contributed by atoms with Gasteiger partial charge in [0.15, 0.2) is 0 Å². The minimum Gasteiger partial charge on any atom is -0.349 e. The Morgan fingerprint density at radius 1 is 1.39 bits per heavy atom. The van der Waals surface area contributed by atoms with Crippen LogP contribution in [-0.2, 0) is 23.2 Å². The predicted molar refractivity (Wildman–Crippen MR) is 93.6 cm³/mol. The Morgan fingerprint density at radius 2 is 2.13 bits per heavy atom. The molecule has 1 atom stereocenters. The number of aryl methyl sites for hydroxylation is 1. The second-order valence-corrected chi connectivity index (χ2v) is 7.59. The molecule has 0 saturated heterocycles. The topological polar surface area (TPSA) is 59.8 Å². The molecule has 2 rings (SSSR count). The molecule has 0 spiro atoms. The van der Waals surface area contributed by atoms with Crippen LogP contribution in [-0.4, -0.2) is 20.7 Å². The average Bonchev–Trinajstić information content (AvgIpc) is 3.12. The van der Waals surface area contributed by atoms with E-state index in [9.17, 15) is 4.79 Å². The van der Waals surface area contributed by atoms with E-state index in [-0.39, 0.29) is 17.4 Å². The van der Waals surface area contributed by atoms with Gasteiger partial charge >= 0.3 is 0 Å². The van der Waals surface area contributed by atoms with Crippen molar-refractivity contribution in [3.63, 3.8) is 0 Å². The van der Waals surface area contributed by atoms with Gasteiger partial charge in [-0.1, -0.05) is 27.7 Å². The molecule has 23 heavy (non-hydrogen) atoms. The zero-order valence-corrected chi connectivity index (χ0v) is 15.4. The van der Waals surface area contributed by atoms with E-state index in [0.717, 1.165) is 29.2 Å². The van der Waals surface area contributed by atoms with Crippen LogP contribution >= 0.6 is 11.3 Å². The summed E-state index contributed by atoms with van der Waals surface area (Å²) in [6, 6.07) is 0.00326. The molecule has 2 aromatic rings. The van der Waals surface area contributed by atoms with E-state index in [4.69, 9.17) is 0 Å². The van der Waals surface area contributed by atoms with Gasteiger partial charge in [0.2, 0.25) is 5.91 Å². The Bertz CT molecular complexity index is 654. The van der Waals surface area contributed by atoms with Crippen molar-refractivity contribution in [3.05, 3.63) is 34.0 Å². The van der Waals surface area contributed by atoms with Crippen molar-refractivity contribution in [1.29, 1.82) is 0 Å². The Labute approximate surface area is 142 Å². The fraction of sp³-hybridized carbons (Fsp3) is 0.588. The molecule has 2 aromatic heterocycles. The SMILES string of the molecule is CC[C@@H](NC(=O)Cc1csc(C(C)(C)C)n1)c1cnn(CC)c1. The minimum absolute atomic E-state index is 0.00326. The van der Waals surface area contributed by atoms with Gasteiger partial charge in [-0.25, -0.2) is 4.98 Å². The highest BCUT2D eigenvalue weighted by Crippen LogP contribution is 2.25. The fourth-order valence-electron chi connectivity index (χ4n) is 2.30. The average molecular weight is 334 g/mol. The van der Waals surface area contributed by atoms with Gasteiger partial charge in [0.05, 0.1) is 29.4 Å². The van der Waals surface area contributed by atoms with Gasteiger partial charge in [-0.05, 0) is 13.3 Å². The molecule has 5 nitrogen and oxygen atoms in total. The molecule has 2 heterocycles. The summed E-state index contributed by atoms with van der Waals surface area (Å²) in [5.41, 5.74) is 1.92. The van der Waals surface area contributed by atoms with E-state index < -0.39 is 0 Å². The van der Waals surface area contributed by atoms with Crippen molar-refractivity contribution in [2.45, 2.75) is 65.5 Å². The van der Waals surface area contributed by atoms with Crippen LogP contribution in [0.15, 0.2) is 17.8 Å². The first-order chi connectivity index (χ1) is 10.8. The molecule has 6 heteroatoms. The Morgan fingerprint density at radius 3 is 2.65 bits per heavy atom. The second-order valence-electron chi connectivity index (χ2n) is 6.73. The molecule has 0 saturated carbocycles. The van der Waals surface area contributed by atoms with Crippen LogP contribution < -0.4 is 5.32 Å². The monoisotopic (exact) mass is 334 g/mol. The maximum Gasteiger partial charge on any atom is 0.226 e. The Kier molecular flexibility index (Phi) is 5.57. The number of hydrogen-bond acceptors (Lipinski definition) is 4. The first-order valence-electron chi connectivity index (χ1n) is 8.10. The van der Waals surface area contributed by atoms with Crippen molar-refractivity contribution in [2.75, 3.05) is 0 Å². The highest BCUT2D eigenvalue weighted by atomic mass is 32.1. The van der Waals surface area contributed by atoms with Gasteiger partial charge in [0.1, 0.15) is 0 Å². The molecule has 0 aliphatic carbocycles. The Hall–Kier alpha value is -1.69. The molecule has 0 bridgehead atoms. The normalized spacial score (nSPS) is 13.1. The molecule has 0 unspecified atom stereocenters. The maximum absolute atomic E-state index is 12.3. The molecule has 126 valence electrons. The minimum atomic E-state index is 0.00326. The van der Waals surface area contributed by atoms with E-state index in [1.165, 1.54) is 0 Å². The smallest absolute Gasteiger partial charge is 0.226 e. The van der Waals surface area contributed by atoms with Crippen molar-refractivity contribution < 1.29 is 4.79 Å². The number of rotatable bonds is 6. The summed E-state index contributed by atoms with van der Waals surface area (Å²) in [5.74, 6) is 0.00635. The maximum atomic E-state index is 12.3. The molecular formula is C17H26N4OS. The standard InChI is InChI=1S/C17H26N4OS/c1-6-14(12-9-18-21(7-2)10-12)20-15(22)8-13-11-23-16(19-13)17(3,4)5/h9-11,14H,6-8H2,1-5H3,(H,20,22)/t14-/m1/s1. The van der Waals surface area contributed by atoms with Crippen LogP contribution in [0.25, 0.3) is 0 Å². The fourth-order valence-corrected chi connectivity index (χ4v) is 3.20. The lowest BCUT2D eigenvalue weighted by molar-refractivity contribution is -0.121. The summed E-state index contributed by atoms with van der Waals surface area (Å²) in [6.07, 6.45) is 4.99. The lowest BCUT2D eigenvalue weighted by atomic mass is 9.98. The molecule has 0 fully saturated rings. The number of aromatic nitrogens is 3. The van der Waals surface area contributed by atoms with E-state index in [0.29, 0.717) is 6.42 Å². The first kappa shape index (κ1) is 17.7. The molecule has 1 amide bonds. The molecule has 0 aromatic carbocycles. The third-order valence-corrected chi connectivity index (χ3v) is 4.97. The number of carbonyl (C=O) groups excluding carboxylic acids is 1. The van der Waals surface area contributed by atoms with Gasteiger partial charge < -0.3 is 5.32 Å². The van der Waals surface area contributed by atoms with E-state index in [1.54, 1.807) is 11.3 Å². The number of nitrogens with one attached hydrogen (secondary N) is 1. The van der Waals surface area contributed by atoms with E-state index in [2.05, 4.69) is 43.1 Å². The van der Waals surface area contributed by atoms with Crippen LogP contribution in [0.1, 0.15) is 63.3 Å². The van der Waals surface area contributed by atoms with E-state index in [1.807, 2.05) is 29.4 Å². The zero-order valence-electron chi connectivity index (χ0n) is 14.6. The lowest BCUT2D eigenvalue weighted by Crippen LogP contribution is -2.29. The first-order valence-corrected chi connectivity index (χ1v) is 8.98. The number of thiazole rings is 1. The number of hydrogen-bond donors (Lipinski definition) is 1. The summed E-state index contributed by atoms with van der Waals surface area (Å²) in [4.78, 5) is 16.9. The number of nitrogens with zero attached hydrogens (tertiary/aromatic N) is 3. The summed E-state index contributed by atoms with van der Waals surface area (Å²) in [7, 11) is 0. The molecular weight excluding hydrogens is 308 g/mol. The van der Waals surface area contributed by atoms with Crippen molar-refractivity contribution in [2.24, 2.45) is 0 Å². The summed E-state index contributed by atoms with van der Waals surface area (Å²) in [6.45, 7) is 11.3. The van der Waals surface area contributed by atoms with Crippen LogP contribution in [0.5, 0.6) is 0 Å². The summed E-state index contributed by atoms with van der Waals surface area (Å²) >= 11 is 1.62. The molecule has 0 aliphatic rings. The predicted octanol–water partition coefficient (Wildman–Crippen LogP) is 3.47. The lowest BCUT2D eigenvalue weighted by Gasteiger charge is -2.15.